The fourth-order valence-corrected chi connectivity index (χ4v) is 3.92. The molecule has 0 aliphatic heterocycles. The minimum atomic E-state index is 0.681. The van der Waals surface area contributed by atoms with E-state index in [1.165, 1.54) is 32.1 Å². The molecule has 0 saturated heterocycles. The van der Waals surface area contributed by atoms with E-state index in [0.29, 0.717) is 6.04 Å². The van der Waals surface area contributed by atoms with Crippen LogP contribution in [0.4, 0.5) is 5.13 Å². The van der Waals surface area contributed by atoms with Crippen molar-refractivity contribution in [3.8, 4) is 0 Å². The number of rotatable bonds is 3. The van der Waals surface area contributed by atoms with Crippen LogP contribution in [0.2, 0.25) is 0 Å². The summed E-state index contributed by atoms with van der Waals surface area (Å²) in [6, 6.07) is 0.681. The summed E-state index contributed by atoms with van der Waals surface area (Å²) in [5, 5.41) is 5.81. The average Bonchev–Trinajstić information content (AvgIpc) is 2.88. The van der Waals surface area contributed by atoms with Crippen LogP contribution >= 0.6 is 11.3 Å². The monoisotopic (exact) mass is 264 g/mol. The van der Waals surface area contributed by atoms with Gasteiger partial charge in [-0.1, -0.05) is 30.6 Å². The van der Waals surface area contributed by atoms with Crippen molar-refractivity contribution in [2.24, 2.45) is 0 Å². The van der Waals surface area contributed by atoms with Crippen molar-refractivity contribution in [3.05, 3.63) is 11.9 Å². The van der Waals surface area contributed by atoms with Crippen LogP contribution in [0.1, 0.15) is 44.7 Å². The largest absolute Gasteiger partial charge is 0.344 e. The van der Waals surface area contributed by atoms with Crippen LogP contribution in [0.25, 0.3) is 4.96 Å². The zero-order valence-corrected chi connectivity index (χ0v) is 11.9. The second-order valence-corrected chi connectivity index (χ2v) is 6.01. The van der Waals surface area contributed by atoms with Crippen LogP contribution in [0.3, 0.4) is 0 Å². The summed E-state index contributed by atoms with van der Waals surface area (Å²) in [5.74, 6) is 0. The third-order valence-electron chi connectivity index (χ3n) is 3.75. The molecule has 0 amide bonds. The molecule has 0 spiro atoms. The summed E-state index contributed by atoms with van der Waals surface area (Å²) in [4.78, 5) is 7.96. The van der Waals surface area contributed by atoms with Gasteiger partial charge in [0.05, 0.1) is 11.9 Å². The predicted molar refractivity (Wildman–Crippen MR) is 75.5 cm³/mol. The zero-order valence-electron chi connectivity index (χ0n) is 11.1. The van der Waals surface area contributed by atoms with Crippen molar-refractivity contribution >= 4 is 21.4 Å². The summed E-state index contributed by atoms with van der Waals surface area (Å²) < 4.78 is 1.92. The van der Waals surface area contributed by atoms with E-state index in [9.17, 15) is 0 Å². The minimum Gasteiger partial charge on any atom is -0.344 e. The van der Waals surface area contributed by atoms with Gasteiger partial charge in [-0.25, -0.2) is 9.50 Å². The van der Waals surface area contributed by atoms with Crippen LogP contribution in [0.15, 0.2) is 6.20 Å². The third kappa shape index (κ3) is 2.11. The zero-order chi connectivity index (χ0) is 12.5. The molecule has 1 aliphatic rings. The molecular formula is C13H20N4S. The molecule has 1 aliphatic carbocycles. The molecule has 18 heavy (non-hydrogen) atoms. The lowest BCUT2D eigenvalue weighted by Crippen LogP contribution is -2.36. The molecule has 1 saturated carbocycles. The Balaban J connectivity index is 1.87. The number of aromatic nitrogens is 3. The lowest BCUT2D eigenvalue weighted by atomic mass is 9.94. The maximum atomic E-state index is 4.68. The molecular weight excluding hydrogens is 244 g/mol. The first-order valence-corrected chi connectivity index (χ1v) is 7.69. The summed E-state index contributed by atoms with van der Waals surface area (Å²) in [5.41, 5.74) is 1.04. The molecule has 0 radical (unpaired) electrons. The van der Waals surface area contributed by atoms with E-state index in [-0.39, 0.29) is 0 Å². The highest BCUT2D eigenvalue weighted by Gasteiger charge is 2.23. The highest BCUT2D eigenvalue weighted by Crippen LogP contribution is 2.30. The minimum absolute atomic E-state index is 0.681. The van der Waals surface area contributed by atoms with Crippen LogP contribution in [-0.4, -0.2) is 27.2 Å². The molecule has 2 aromatic rings. The lowest BCUT2D eigenvalue weighted by Gasteiger charge is -2.32. The Labute approximate surface area is 112 Å². The molecule has 0 aromatic carbocycles. The van der Waals surface area contributed by atoms with E-state index in [2.05, 4.69) is 21.9 Å². The Hall–Kier alpha value is -1.10. The van der Waals surface area contributed by atoms with Crippen LogP contribution in [-0.2, 0) is 0 Å². The topological polar surface area (TPSA) is 33.4 Å². The first-order chi connectivity index (χ1) is 8.78. The quantitative estimate of drug-likeness (QED) is 0.853. The molecule has 3 rings (SSSR count). The molecule has 0 bridgehead atoms. The number of hydrogen-bond acceptors (Lipinski definition) is 4. The Kier molecular flexibility index (Phi) is 3.24. The number of anilines is 1. The molecule has 4 nitrogen and oxygen atoms in total. The van der Waals surface area contributed by atoms with Gasteiger partial charge in [-0.2, -0.15) is 0 Å². The smallest absolute Gasteiger partial charge is 0.214 e. The van der Waals surface area contributed by atoms with E-state index >= 15 is 0 Å². The highest BCUT2D eigenvalue weighted by atomic mass is 32.1. The maximum absolute atomic E-state index is 4.68. The molecule has 2 aromatic heterocycles. The Morgan fingerprint density at radius 1 is 1.39 bits per heavy atom. The van der Waals surface area contributed by atoms with Crippen molar-refractivity contribution < 1.29 is 0 Å². The molecule has 5 heteroatoms. The summed E-state index contributed by atoms with van der Waals surface area (Å²) in [6.07, 6.45) is 8.76. The fraction of sp³-hybridized carbons (Fsp3) is 0.692. The van der Waals surface area contributed by atoms with Crippen molar-refractivity contribution in [1.82, 2.24) is 14.6 Å². The molecule has 1 fully saturated rings. The first kappa shape index (κ1) is 12.0. The van der Waals surface area contributed by atoms with Crippen molar-refractivity contribution in [2.45, 2.75) is 52.0 Å². The van der Waals surface area contributed by atoms with E-state index in [1.807, 2.05) is 17.6 Å². The number of aryl methyl sites for hydroxylation is 1. The van der Waals surface area contributed by atoms with E-state index < -0.39 is 0 Å². The summed E-state index contributed by atoms with van der Waals surface area (Å²) >= 11 is 1.71. The Morgan fingerprint density at radius 2 is 2.17 bits per heavy atom. The van der Waals surface area contributed by atoms with Crippen LogP contribution < -0.4 is 4.90 Å². The second kappa shape index (κ2) is 4.88. The van der Waals surface area contributed by atoms with Gasteiger partial charge in [0.2, 0.25) is 10.1 Å². The fourth-order valence-electron chi connectivity index (χ4n) is 2.86. The van der Waals surface area contributed by atoms with Gasteiger partial charge in [-0.3, -0.25) is 0 Å². The number of hydrogen-bond donors (Lipinski definition) is 0. The summed E-state index contributed by atoms with van der Waals surface area (Å²) in [7, 11) is 0. The lowest BCUT2D eigenvalue weighted by molar-refractivity contribution is 0.417. The van der Waals surface area contributed by atoms with Gasteiger partial charge < -0.3 is 4.90 Å². The Morgan fingerprint density at radius 3 is 2.83 bits per heavy atom. The number of nitrogens with zero attached hydrogens (tertiary/aromatic N) is 4. The van der Waals surface area contributed by atoms with E-state index in [4.69, 9.17) is 0 Å². The van der Waals surface area contributed by atoms with Crippen molar-refractivity contribution in [3.63, 3.8) is 0 Å². The normalized spacial score (nSPS) is 17.4. The second-order valence-electron chi connectivity index (χ2n) is 5.07. The first-order valence-electron chi connectivity index (χ1n) is 6.87. The third-order valence-corrected chi connectivity index (χ3v) is 4.71. The van der Waals surface area contributed by atoms with Crippen molar-refractivity contribution in [1.29, 1.82) is 0 Å². The van der Waals surface area contributed by atoms with Gasteiger partial charge in [0.1, 0.15) is 0 Å². The van der Waals surface area contributed by atoms with Gasteiger partial charge in [-0.15, -0.1) is 5.10 Å². The van der Waals surface area contributed by atoms with Gasteiger partial charge in [0.25, 0.3) is 0 Å². The van der Waals surface area contributed by atoms with E-state index in [0.717, 1.165) is 22.3 Å². The maximum Gasteiger partial charge on any atom is 0.214 e. The van der Waals surface area contributed by atoms with Gasteiger partial charge in [0, 0.05) is 12.6 Å². The molecule has 0 atom stereocenters. The predicted octanol–water partition coefficient (Wildman–Crippen LogP) is 3.26. The SMILES string of the molecule is CCN(c1nn2cc(C)nc2s1)C1CCCCC1. The molecule has 0 N–H and O–H groups in total. The van der Waals surface area contributed by atoms with Gasteiger partial charge in [0.15, 0.2) is 0 Å². The summed E-state index contributed by atoms with van der Waals surface area (Å²) in [6.45, 7) is 5.28. The van der Waals surface area contributed by atoms with E-state index in [1.54, 1.807) is 11.3 Å². The van der Waals surface area contributed by atoms with Crippen molar-refractivity contribution in [2.75, 3.05) is 11.4 Å². The highest BCUT2D eigenvalue weighted by molar-refractivity contribution is 7.20. The van der Waals surface area contributed by atoms with Crippen LogP contribution in [0.5, 0.6) is 0 Å². The van der Waals surface area contributed by atoms with Gasteiger partial charge in [-0.05, 0) is 26.7 Å². The van der Waals surface area contributed by atoms with Crippen LogP contribution in [0, 0.1) is 6.92 Å². The number of fused-ring (bicyclic) bond motifs is 1. The molecule has 0 unspecified atom stereocenters. The Bertz CT molecular complexity index is 493. The molecule has 2 heterocycles. The molecule has 98 valence electrons. The van der Waals surface area contributed by atoms with Gasteiger partial charge >= 0.3 is 0 Å². The average molecular weight is 264 g/mol. The number of imidazole rings is 1. The standard InChI is InChI=1S/C13H20N4S/c1-3-16(11-7-5-4-6-8-11)13-15-17-9-10(2)14-12(17)18-13/h9,11H,3-8H2,1-2H3.